The van der Waals surface area contributed by atoms with Crippen LogP contribution in [0.2, 0.25) is 6.04 Å². The molecule has 0 aromatic rings. The van der Waals surface area contributed by atoms with Gasteiger partial charge in [0, 0.05) is 33.8 Å². The lowest BCUT2D eigenvalue weighted by molar-refractivity contribution is -0.914. The van der Waals surface area contributed by atoms with Crippen molar-refractivity contribution in [3.8, 4) is 0 Å². The number of likely N-dealkylation sites (tertiary alicyclic amines) is 1. The van der Waals surface area contributed by atoms with Crippen molar-refractivity contribution in [2.75, 3.05) is 48.0 Å². The molecular formula is C12H28ClNO3Si. The number of rotatable bonds is 7. The Morgan fingerprint density at radius 1 is 0.944 bits per heavy atom. The highest BCUT2D eigenvalue weighted by atomic mass is 35.5. The number of piperidine rings is 1. The van der Waals surface area contributed by atoms with Gasteiger partial charge in [0.25, 0.3) is 0 Å². The van der Waals surface area contributed by atoms with E-state index in [1.165, 1.54) is 43.4 Å². The van der Waals surface area contributed by atoms with Crippen molar-refractivity contribution >= 4 is 8.80 Å². The van der Waals surface area contributed by atoms with E-state index >= 15 is 0 Å². The number of nitrogens with zero attached hydrogens (tertiary/aromatic N) is 1. The molecule has 6 heteroatoms. The van der Waals surface area contributed by atoms with Crippen molar-refractivity contribution in [1.29, 1.82) is 0 Å². The van der Waals surface area contributed by atoms with Crippen molar-refractivity contribution in [1.82, 2.24) is 0 Å². The summed E-state index contributed by atoms with van der Waals surface area (Å²) in [6, 6.07) is 0.921. The lowest BCUT2D eigenvalue weighted by Crippen LogP contribution is -3.00. The Morgan fingerprint density at radius 2 is 1.44 bits per heavy atom. The first-order chi connectivity index (χ1) is 8.10. The summed E-state index contributed by atoms with van der Waals surface area (Å²) in [5.74, 6) is 0. The summed E-state index contributed by atoms with van der Waals surface area (Å²) < 4.78 is 17.5. The van der Waals surface area contributed by atoms with E-state index in [1.807, 2.05) is 0 Å². The summed E-state index contributed by atoms with van der Waals surface area (Å²) in [5, 5.41) is 0. The second kappa shape index (κ2) is 8.50. The summed E-state index contributed by atoms with van der Waals surface area (Å²) in [4.78, 5) is 0. The van der Waals surface area contributed by atoms with Crippen LogP contribution in [-0.4, -0.2) is 61.3 Å². The van der Waals surface area contributed by atoms with E-state index in [9.17, 15) is 0 Å². The van der Waals surface area contributed by atoms with Crippen LogP contribution in [0.5, 0.6) is 0 Å². The molecule has 4 nitrogen and oxygen atoms in total. The quantitative estimate of drug-likeness (QED) is 0.441. The molecule has 0 amide bonds. The van der Waals surface area contributed by atoms with Gasteiger partial charge in [0.15, 0.2) is 0 Å². The predicted molar refractivity (Wildman–Crippen MR) is 70.8 cm³/mol. The van der Waals surface area contributed by atoms with E-state index in [-0.39, 0.29) is 12.4 Å². The van der Waals surface area contributed by atoms with Gasteiger partial charge in [-0.05, 0) is 19.3 Å². The molecule has 0 unspecified atom stereocenters. The van der Waals surface area contributed by atoms with Crippen LogP contribution >= 0.6 is 0 Å². The minimum absolute atomic E-state index is 0. The van der Waals surface area contributed by atoms with E-state index in [2.05, 4.69) is 7.05 Å². The Morgan fingerprint density at radius 3 is 1.89 bits per heavy atom. The van der Waals surface area contributed by atoms with Crippen LogP contribution < -0.4 is 12.4 Å². The Hall–Kier alpha value is 0.347. The number of halogens is 1. The first-order valence-electron chi connectivity index (χ1n) is 6.59. The molecule has 1 aliphatic rings. The van der Waals surface area contributed by atoms with E-state index in [0.717, 1.165) is 12.5 Å². The normalized spacial score (nSPS) is 19.3. The molecule has 1 saturated heterocycles. The zero-order valence-corrected chi connectivity index (χ0v) is 14.0. The van der Waals surface area contributed by atoms with Gasteiger partial charge in [-0.15, -0.1) is 0 Å². The van der Waals surface area contributed by atoms with Crippen LogP contribution in [0.4, 0.5) is 0 Å². The first kappa shape index (κ1) is 18.3. The average Bonchev–Trinajstić information content (AvgIpc) is 2.36. The lowest BCUT2D eigenvalue weighted by atomic mass is 10.1. The van der Waals surface area contributed by atoms with E-state index in [4.69, 9.17) is 13.3 Å². The van der Waals surface area contributed by atoms with Crippen LogP contribution in [0.1, 0.15) is 25.7 Å². The van der Waals surface area contributed by atoms with E-state index < -0.39 is 8.80 Å². The van der Waals surface area contributed by atoms with Crippen LogP contribution in [0.25, 0.3) is 0 Å². The van der Waals surface area contributed by atoms with Gasteiger partial charge in [0.2, 0.25) is 0 Å². The summed E-state index contributed by atoms with van der Waals surface area (Å²) in [6.07, 6.45) is 5.27. The Bertz CT molecular complexity index is 213. The zero-order valence-electron chi connectivity index (χ0n) is 12.2. The number of hydrogen-bond acceptors (Lipinski definition) is 3. The second-order valence-electron chi connectivity index (χ2n) is 5.25. The molecule has 1 aliphatic heterocycles. The topological polar surface area (TPSA) is 27.7 Å². The highest BCUT2D eigenvalue weighted by Crippen LogP contribution is 2.20. The number of hydrogen-bond donors (Lipinski definition) is 0. The molecule has 0 aromatic carbocycles. The van der Waals surface area contributed by atoms with Crippen molar-refractivity contribution in [3.05, 3.63) is 0 Å². The third-order valence-electron chi connectivity index (χ3n) is 4.01. The Balaban J connectivity index is 0.00000289. The van der Waals surface area contributed by atoms with Gasteiger partial charge >= 0.3 is 8.80 Å². The first-order valence-corrected chi connectivity index (χ1v) is 8.52. The molecule has 0 saturated carbocycles. The molecule has 1 fully saturated rings. The van der Waals surface area contributed by atoms with Crippen molar-refractivity contribution in [2.24, 2.45) is 0 Å². The Labute approximate surface area is 119 Å². The highest BCUT2D eigenvalue weighted by Gasteiger charge is 2.38. The largest absolute Gasteiger partial charge is 1.00 e. The molecule has 0 aliphatic carbocycles. The predicted octanol–water partition coefficient (Wildman–Crippen LogP) is -1.11. The van der Waals surface area contributed by atoms with Crippen LogP contribution in [-0.2, 0) is 13.3 Å². The fourth-order valence-corrected chi connectivity index (χ4v) is 4.44. The molecule has 0 spiro atoms. The van der Waals surface area contributed by atoms with Gasteiger partial charge < -0.3 is 30.2 Å². The van der Waals surface area contributed by atoms with Gasteiger partial charge in [0.1, 0.15) is 0 Å². The molecule has 18 heavy (non-hydrogen) atoms. The SMILES string of the molecule is CO[Si](CCC[N+]1(C)CCCCC1)(OC)OC.[Cl-]. The maximum absolute atomic E-state index is 5.45. The summed E-state index contributed by atoms with van der Waals surface area (Å²) in [5.41, 5.74) is 0. The van der Waals surface area contributed by atoms with Crippen molar-refractivity contribution in [3.63, 3.8) is 0 Å². The molecule has 0 bridgehead atoms. The monoisotopic (exact) mass is 297 g/mol. The highest BCUT2D eigenvalue weighted by molar-refractivity contribution is 6.60. The van der Waals surface area contributed by atoms with Crippen molar-refractivity contribution in [2.45, 2.75) is 31.7 Å². The third kappa shape index (κ3) is 5.15. The molecule has 1 rings (SSSR count). The molecule has 1 heterocycles. The maximum atomic E-state index is 5.45. The smallest absolute Gasteiger partial charge is 0.500 e. The summed E-state index contributed by atoms with van der Waals surface area (Å²) in [6.45, 7) is 3.85. The fraction of sp³-hybridized carbons (Fsp3) is 1.00. The van der Waals surface area contributed by atoms with Gasteiger partial charge in [-0.3, -0.25) is 0 Å². The van der Waals surface area contributed by atoms with Crippen LogP contribution in [0, 0.1) is 0 Å². The second-order valence-corrected chi connectivity index (χ2v) is 8.34. The molecular weight excluding hydrogens is 270 g/mol. The molecule has 0 aromatic heterocycles. The summed E-state index contributed by atoms with van der Waals surface area (Å²) >= 11 is 0. The minimum atomic E-state index is -2.34. The van der Waals surface area contributed by atoms with Crippen LogP contribution in [0.15, 0.2) is 0 Å². The maximum Gasteiger partial charge on any atom is 0.500 e. The molecule has 0 N–H and O–H groups in total. The molecule has 0 radical (unpaired) electrons. The van der Waals surface area contributed by atoms with Gasteiger partial charge in [-0.25, -0.2) is 0 Å². The fourth-order valence-electron chi connectivity index (χ4n) is 2.73. The molecule has 110 valence electrons. The number of quaternary nitrogens is 1. The molecule has 0 atom stereocenters. The van der Waals surface area contributed by atoms with Gasteiger partial charge in [0.05, 0.1) is 26.7 Å². The average molecular weight is 298 g/mol. The lowest BCUT2D eigenvalue weighted by Gasteiger charge is -2.38. The van der Waals surface area contributed by atoms with E-state index in [1.54, 1.807) is 21.3 Å². The van der Waals surface area contributed by atoms with Crippen molar-refractivity contribution < 1.29 is 30.2 Å². The van der Waals surface area contributed by atoms with E-state index in [0.29, 0.717) is 0 Å². The van der Waals surface area contributed by atoms with Gasteiger partial charge in [-0.2, -0.15) is 0 Å². The zero-order chi connectivity index (χ0) is 12.8. The van der Waals surface area contributed by atoms with Crippen LogP contribution in [0.3, 0.4) is 0 Å². The Kier molecular flexibility index (Phi) is 8.67. The minimum Gasteiger partial charge on any atom is -1.00 e. The summed E-state index contributed by atoms with van der Waals surface area (Å²) in [7, 11) is 5.10. The standard InChI is InChI=1S/C12H28NO3Si.ClH/c1-13(9-6-5-7-10-13)11-8-12-17(14-2,15-3)16-4;/h5-12H2,1-4H3;1H/q+1;/p-1. The third-order valence-corrected chi connectivity index (χ3v) is 6.84. The van der Waals surface area contributed by atoms with Gasteiger partial charge in [-0.1, -0.05) is 0 Å².